The number of carbonyl (C=O) groups is 1. The number of rotatable bonds is 6. The molecule has 0 aliphatic heterocycles. The van der Waals surface area contributed by atoms with Crippen LogP contribution in [0.5, 0.6) is 0 Å². The molecule has 0 radical (unpaired) electrons. The molecule has 3 heteroatoms. The normalized spacial score (nSPS) is 31.9. The van der Waals surface area contributed by atoms with E-state index in [9.17, 15) is 4.79 Å². The molecule has 18 heavy (non-hydrogen) atoms. The van der Waals surface area contributed by atoms with Crippen molar-refractivity contribution in [3.8, 4) is 0 Å². The van der Waals surface area contributed by atoms with E-state index in [-0.39, 0.29) is 5.97 Å². The minimum absolute atomic E-state index is 0.0581. The van der Waals surface area contributed by atoms with Crippen LogP contribution in [0.15, 0.2) is 12.7 Å². The first kappa shape index (κ1) is 13.6. The van der Waals surface area contributed by atoms with E-state index in [1.807, 2.05) is 13.0 Å². The van der Waals surface area contributed by atoms with Gasteiger partial charge < -0.3 is 4.74 Å². The minimum atomic E-state index is -0.449. The summed E-state index contributed by atoms with van der Waals surface area (Å²) in [5.74, 6) is 1.52. The van der Waals surface area contributed by atoms with E-state index in [0.29, 0.717) is 19.1 Å². The SMILES string of the molecule is C=CCNC1(C(=O)OCC)CCCC(C2CC2)C1. The van der Waals surface area contributed by atoms with Crippen molar-refractivity contribution in [1.82, 2.24) is 5.32 Å². The summed E-state index contributed by atoms with van der Waals surface area (Å²) >= 11 is 0. The summed E-state index contributed by atoms with van der Waals surface area (Å²) in [4.78, 5) is 12.3. The summed E-state index contributed by atoms with van der Waals surface area (Å²) < 4.78 is 5.29. The van der Waals surface area contributed by atoms with E-state index < -0.39 is 5.54 Å². The standard InChI is InChI=1S/C15H25NO2/c1-3-10-16-15(14(17)18-4-2)9-5-6-13(11-15)12-7-8-12/h3,12-13,16H,1,4-11H2,2H3. The van der Waals surface area contributed by atoms with E-state index >= 15 is 0 Å². The Morgan fingerprint density at radius 2 is 2.22 bits per heavy atom. The van der Waals surface area contributed by atoms with Crippen LogP contribution in [0.1, 0.15) is 45.4 Å². The van der Waals surface area contributed by atoms with E-state index in [1.54, 1.807) is 0 Å². The van der Waals surface area contributed by atoms with Gasteiger partial charge in [0.25, 0.3) is 0 Å². The maximum Gasteiger partial charge on any atom is 0.326 e. The van der Waals surface area contributed by atoms with E-state index in [1.165, 1.54) is 19.3 Å². The molecule has 0 spiro atoms. The van der Waals surface area contributed by atoms with Crippen molar-refractivity contribution in [2.45, 2.75) is 51.0 Å². The smallest absolute Gasteiger partial charge is 0.326 e. The molecule has 0 aromatic rings. The van der Waals surface area contributed by atoms with E-state index in [4.69, 9.17) is 4.74 Å². The molecule has 0 amide bonds. The predicted molar refractivity (Wildman–Crippen MR) is 72.2 cm³/mol. The van der Waals surface area contributed by atoms with Gasteiger partial charge in [0.2, 0.25) is 0 Å². The maximum absolute atomic E-state index is 12.3. The second-order valence-corrected chi connectivity index (χ2v) is 5.67. The third kappa shape index (κ3) is 2.94. The third-order valence-corrected chi connectivity index (χ3v) is 4.33. The molecule has 102 valence electrons. The van der Waals surface area contributed by atoms with Crippen LogP contribution in [-0.4, -0.2) is 24.7 Å². The molecule has 2 saturated carbocycles. The van der Waals surface area contributed by atoms with Gasteiger partial charge in [-0.3, -0.25) is 10.1 Å². The van der Waals surface area contributed by atoms with Crippen LogP contribution in [0.25, 0.3) is 0 Å². The molecule has 2 atom stereocenters. The lowest BCUT2D eigenvalue weighted by Gasteiger charge is -2.39. The highest BCUT2D eigenvalue weighted by molar-refractivity contribution is 5.81. The van der Waals surface area contributed by atoms with Gasteiger partial charge in [0.05, 0.1) is 6.61 Å². The molecule has 0 heterocycles. The molecule has 0 aromatic carbocycles. The Labute approximate surface area is 110 Å². The minimum Gasteiger partial charge on any atom is -0.465 e. The van der Waals surface area contributed by atoms with Gasteiger partial charge in [-0.05, 0) is 44.4 Å². The Bertz CT molecular complexity index is 312. The van der Waals surface area contributed by atoms with Gasteiger partial charge in [0.15, 0.2) is 0 Å². The van der Waals surface area contributed by atoms with E-state index in [0.717, 1.165) is 25.2 Å². The van der Waals surface area contributed by atoms with Crippen LogP contribution >= 0.6 is 0 Å². The zero-order valence-corrected chi connectivity index (χ0v) is 11.4. The highest BCUT2D eigenvalue weighted by Gasteiger charge is 2.46. The molecular weight excluding hydrogens is 226 g/mol. The topological polar surface area (TPSA) is 38.3 Å². The molecule has 2 aliphatic rings. The first-order chi connectivity index (χ1) is 8.72. The van der Waals surface area contributed by atoms with Crippen molar-refractivity contribution in [1.29, 1.82) is 0 Å². The first-order valence-electron chi connectivity index (χ1n) is 7.25. The average molecular weight is 251 g/mol. The predicted octanol–water partition coefficient (Wildman–Crippen LogP) is 2.66. The number of esters is 1. The molecule has 3 nitrogen and oxygen atoms in total. The number of hydrogen-bond acceptors (Lipinski definition) is 3. The van der Waals surface area contributed by atoms with Crippen LogP contribution in [0.4, 0.5) is 0 Å². The second kappa shape index (κ2) is 5.87. The molecule has 2 rings (SSSR count). The zero-order chi connectivity index (χ0) is 13.0. The Morgan fingerprint density at radius 3 is 2.83 bits per heavy atom. The fourth-order valence-electron chi connectivity index (χ4n) is 3.24. The highest BCUT2D eigenvalue weighted by Crippen LogP contribution is 2.46. The summed E-state index contributed by atoms with van der Waals surface area (Å²) in [5, 5.41) is 3.39. The van der Waals surface area contributed by atoms with Gasteiger partial charge in [-0.15, -0.1) is 6.58 Å². The van der Waals surface area contributed by atoms with Crippen molar-refractivity contribution in [3.63, 3.8) is 0 Å². The van der Waals surface area contributed by atoms with Crippen LogP contribution < -0.4 is 5.32 Å². The molecule has 0 aromatic heterocycles. The van der Waals surface area contributed by atoms with Gasteiger partial charge in [-0.1, -0.05) is 18.9 Å². The molecule has 2 unspecified atom stereocenters. The zero-order valence-electron chi connectivity index (χ0n) is 11.4. The lowest BCUT2D eigenvalue weighted by Crippen LogP contribution is -2.56. The van der Waals surface area contributed by atoms with Crippen LogP contribution in [0, 0.1) is 11.8 Å². The summed E-state index contributed by atoms with van der Waals surface area (Å²) in [6.07, 6.45) is 8.79. The van der Waals surface area contributed by atoms with Crippen molar-refractivity contribution in [2.24, 2.45) is 11.8 Å². The summed E-state index contributed by atoms with van der Waals surface area (Å²) in [6, 6.07) is 0. The fraction of sp³-hybridized carbons (Fsp3) is 0.800. The molecule has 0 saturated heterocycles. The molecule has 0 bridgehead atoms. The van der Waals surface area contributed by atoms with Crippen LogP contribution in [0.3, 0.4) is 0 Å². The Balaban J connectivity index is 2.06. The van der Waals surface area contributed by atoms with Gasteiger partial charge in [0.1, 0.15) is 5.54 Å². The molecular formula is C15H25NO2. The summed E-state index contributed by atoms with van der Waals surface area (Å²) in [6.45, 7) is 6.75. The van der Waals surface area contributed by atoms with Gasteiger partial charge >= 0.3 is 5.97 Å². The summed E-state index contributed by atoms with van der Waals surface area (Å²) in [7, 11) is 0. The number of carbonyl (C=O) groups excluding carboxylic acids is 1. The van der Waals surface area contributed by atoms with Crippen molar-refractivity contribution < 1.29 is 9.53 Å². The molecule has 2 fully saturated rings. The number of nitrogens with one attached hydrogen (secondary N) is 1. The number of hydrogen-bond donors (Lipinski definition) is 1. The molecule has 2 aliphatic carbocycles. The number of ether oxygens (including phenoxy) is 1. The fourth-order valence-corrected chi connectivity index (χ4v) is 3.24. The Hall–Kier alpha value is -0.830. The third-order valence-electron chi connectivity index (χ3n) is 4.33. The van der Waals surface area contributed by atoms with Crippen molar-refractivity contribution in [3.05, 3.63) is 12.7 Å². The van der Waals surface area contributed by atoms with Crippen molar-refractivity contribution >= 4 is 5.97 Å². The largest absolute Gasteiger partial charge is 0.465 e. The van der Waals surface area contributed by atoms with Gasteiger partial charge in [0, 0.05) is 6.54 Å². The first-order valence-corrected chi connectivity index (χ1v) is 7.25. The summed E-state index contributed by atoms with van der Waals surface area (Å²) in [5.41, 5.74) is -0.449. The van der Waals surface area contributed by atoms with Crippen molar-refractivity contribution in [2.75, 3.05) is 13.2 Å². The van der Waals surface area contributed by atoms with Crippen LogP contribution in [0.2, 0.25) is 0 Å². The van der Waals surface area contributed by atoms with E-state index in [2.05, 4.69) is 11.9 Å². The lowest BCUT2D eigenvalue weighted by atomic mass is 9.73. The van der Waals surface area contributed by atoms with Gasteiger partial charge in [-0.2, -0.15) is 0 Å². The highest BCUT2D eigenvalue weighted by atomic mass is 16.5. The molecule has 1 N–H and O–H groups in total. The maximum atomic E-state index is 12.3. The Kier molecular flexibility index (Phi) is 4.44. The van der Waals surface area contributed by atoms with Crippen LogP contribution in [-0.2, 0) is 9.53 Å². The monoisotopic (exact) mass is 251 g/mol. The Morgan fingerprint density at radius 1 is 1.44 bits per heavy atom. The lowest BCUT2D eigenvalue weighted by molar-refractivity contribution is -0.153. The average Bonchev–Trinajstić information content (AvgIpc) is 3.21. The quantitative estimate of drug-likeness (QED) is 0.582. The second-order valence-electron chi connectivity index (χ2n) is 5.67. The van der Waals surface area contributed by atoms with Gasteiger partial charge in [-0.25, -0.2) is 0 Å².